The van der Waals surface area contributed by atoms with E-state index in [4.69, 9.17) is 11.6 Å². The zero-order chi connectivity index (χ0) is 15.4. The monoisotopic (exact) mass is 308 g/mol. The van der Waals surface area contributed by atoms with E-state index in [2.05, 4.69) is 19.2 Å². The summed E-state index contributed by atoms with van der Waals surface area (Å²) in [6.45, 7) is 5.11. The molecule has 21 heavy (non-hydrogen) atoms. The number of benzene rings is 1. The zero-order valence-electron chi connectivity index (χ0n) is 12.4. The van der Waals surface area contributed by atoms with Crippen LogP contribution in [0.1, 0.15) is 25.8 Å². The highest BCUT2D eigenvalue weighted by Crippen LogP contribution is 2.24. The summed E-state index contributed by atoms with van der Waals surface area (Å²) in [6, 6.07) is 5.48. The highest BCUT2D eigenvalue weighted by Gasteiger charge is 2.11. The molecule has 1 aromatic carbocycles. The Labute approximate surface area is 129 Å². The number of nitrogens with zero attached hydrogens (tertiary/aromatic N) is 1. The van der Waals surface area contributed by atoms with E-state index >= 15 is 0 Å². The van der Waals surface area contributed by atoms with Gasteiger partial charge >= 0.3 is 0 Å². The van der Waals surface area contributed by atoms with Gasteiger partial charge in [-0.05, 0) is 24.5 Å². The van der Waals surface area contributed by atoms with Crippen molar-refractivity contribution in [1.29, 1.82) is 0 Å². The quantitative estimate of drug-likeness (QED) is 0.862. The van der Waals surface area contributed by atoms with Crippen LogP contribution in [-0.4, -0.2) is 22.1 Å². The average Bonchev–Trinajstić information content (AvgIpc) is 2.75. The Morgan fingerprint density at radius 3 is 2.86 bits per heavy atom. The molecule has 1 aromatic heterocycles. The molecular formula is C16H21ClN2O2. The number of nitrogens with one attached hydrogen (secondary N) is 1. The molecule has 2 aromatic rings. The molecule has 0 aliphatic heterocycles. The molecule has 0 spiro atoms. The van der Waals surface area contributed by atoms with Crippen LogP contribution in [0.3, 0.4) is 0 Å². The maximum absolute atomic E-state index is 12.0. The molecule has 114 valence electrons. The summed E-state index contributed by atoms with van der Waals surface area (Å²) in [5.74, 6) is 0.537. The fraction of sp³-hybridized carbons (Fsp3) is 0.438. The molecule has 1 heterocycles. The summed E-state index contributed by atoms with van der Waals surface area (Å²) >= 11 is 6.02. The number of halogens is 1. The second-order valence-corrected chi connectivity index (χ2v) is 6.07. The van der Waals surface area contributed by atoms with Crippen LogP contribution >= 0.6 is 11.6 Å². The van der Waals surface area contributed by atoms with Crippen molar-refractivity contribution in [3.63, 3.8) is 0 Å². The first-order chi connectivity index (χ1) is 10.0. The molecule has 0 aliphatic carbocycles. The molecule has 0 saturated carbocycles. The van der Waals surface area contributed by atoms with Crippen molar-refractivity contribution in [1.82, 2.24) is 9.88 Å². The molecule has 1 amide bonds. The summed E-state index contributed by atoms with van der Waals surface area (Å²) in [6.07, 6.45) is 2.77. The largest absolute Gasteiger partial charge is 0.392 e. The van der Waals surface area contributed by atoms with E-state index in [1.807, 2.05) is 22.9 Å². The van der Waals surface area contributed by atoms with Gasteiger partial charge in [-0.2, -0.15) is 0 Å². The lowest BCUT2D eigenvalue weighted by molar-refractivity contribution is -0.121. The van der Waals surface area contributed by atoms with Crippen molar-refractivity contribution in [3.05, 3.63) is 35.0 Å². The van der Waals surface area contributed by atoms with E-state index in [9.17, 15) is 9.90 Å². The molecule has 0 saturated heterocycles. The second-order valence-electron chi connectivity index (χ2n) is 5.63. The molecule has 5 heteroatoms. The third-order valence-electron chi connectivity index (χ3n) is 3.45. The first kappa shape index (κ1) is 15.9. The Morgan fingerprint density at radius 1 is 1.43 bits per heavy atom. The van der Waals surface area contributed by atoms with Gasteiger partial charge in [-0.15, -0.1) is 0 Å². The van der Waals surface area contributed by atoms with Crippen molar-refractivity contribution < 1.29 is 9.90 Å². The molecule has 4 nitrogen and oxygen atoms in total. The molecule has 0 unspecified atom stereocenters. The van der Waals surface area contributed by atoms with E-state index in [0.717, 1.165) is 22.9 Å². The lowest BCUT2D eigenvalue weighted by Crippen LogP contribution is -2.28. The van der Waals surface area contributed by atoms with Gasteiger partial charge in [0.25, 0.3) is 0 Å². The van der Waals surface area contributed by atoms with Gasteiger partial charge in [0.05, 0.1) is 12.1 Å². The maximum Gasteiger partial charge on any atom is 0.239 e. The molecule has 0 fully saturated rings. The minimum absolute atomic E-state index is 0.0305. The van der Waals surface area contributed by atoms with Gasteiger partial charge in [-0.3, -0.25) is 4.79 Å². The minimum Gasteiger partial charge on any atom is -0.392 e. The molecule has 0 bridgehead atoms. The molecular weight excluding hydrogens is 288 g/mol. The van der Waals surface area contributed by atoms with E-state index in [1.54, 1.807) is 6.07 Å². The fourth-order valence-electron chi connectivity index (χ4n) is 2.31. The van der Waals surface area contributed by atoms with Crippen LogP contribution in [0.15, 0.2) is 24.4 Å². The van der Waals surface area contributed by atoms with Crippen LogP contribution in [-0.2, 0) is 17.9 Å². The Morgan fingerprint density at radius 2 is 2.19 bits per heavy atom. The predicted molar refractivity (Wildman–Crippen MR) is 85.3 cm³/mol. The number of hydrogen-bond donors (Lipinski definition) is 2. The number of hydrogen-bond acceptors (Lipinski definition) is 2. The van der Waals surface area contributed by atoms with Gasteiger partial charge in [0.15, 0.2) is 0 Å². The van der Waals surface area contributed by atoms with Crippen LogP contribution < -0.4 is 5.32 Å². The summed E-state index contributed by atoms with van der Waals surface area (Å²) in [4.78, 5) is 12.0. The van der Waals surface area contributed by atoms with Crippen molar-refractivity contribution in [2.45, 2.75) is 33.4 Å². The molecule has 0 atom stereocenters. The van der Waals surface area contributed by atoms with E-state index in [-0.39, 0.29) is 19.1 Å². The fourth-order valence-corrected chi connectivity index (χ4v) is 2.48. The lowest BCUT2D eigenvalue weighted by Gasteiger charge is -2.09. The van der Waals surface area contributed by atoms with Crippen molar-refractivity contribution in [2.75, 3.05) is 6.54 Å². The van der Waals surface area contributed by atoms with Crippen LogP contribution in [0.25, 0.3) is 10.9 Å². The topological polar surface area (TPSA) is 54.3 Å². The summed E-state index contributed by atoms with van der Waals surface area (Å²) in [5.41, 5.74) is 1.67. The Bertz CT molecular complexity index is 634. The highest BCUT2D eigenvalue weighted by molar-refractivity contribution is 6.31. The lowest BCUT2D eigenvalue weighted by atomic mass is 10.1. The number of fused-ring (bicyclic) bond motifs is 1. The Kier molecular flexibility index (Phi) is 5.26. The van der Waals surface area contributed by atoms with Crippen LogP contribution in [0.5, 0.6) is 0 Å². The van der Waals surface area contributed by atoms with Gasteiger partial charge in [0.2, 0.25) is 5.91 Å². The summed E-state index contributed by atoms with van der Waals surface area (Å²) in [5, 5.41) is 13.9. The maximum atomic E-state index is 12.0. The van der Waals surface area contributed by atoms with Gasteiger partial charge in [-0.1, -0.05) is 31.5 Å². The average molecular weight is 309 g/mol. The third-order valence-corrected chi connectivity index (χ3v) is 3.69. The molecule has 0 radical (unpaired) electrons. The van der Waals surface area contributed by atoms with Crippen LogP contribution in [0, 0.1) is 5.92 Å². The number of aliphatic hydroxyl groups is 1. The number of carbonyl (C=O) groups is 1. The smallest absolute Gasteiger partial charge is 0.239 e. The third kappa shape index (κ3) is 3.99. The van der Waals surface area contributed by atoms with Gasteiger partial charge in [0.1, 0.15) is 6.54 Å². The number of rotatable bonds is 6. The van der Waals surface area contributed by atoms with Crippen molar-refractivity contribution in [2.24, 2.45) is 5.92 Å². The second kappa shape index (κ2) is 6.96. The van der Waals surface area contributed by atoms with Crippen molar-refractivity contribution >= 4 is 28.4 Å². The summed E-state index contributed by atoms with van der Waals surface area (Å²) < 4.78 is 1.83. The number of amides is 1. The number of carbonyl (C=O) groups excluding carboxylic acids is 1. The van der Waals surface area contributed by atoms with Gasteiger partial charge < -0.3 is 15.0 Å². The normalized spacial score (nSPS) is 11.3. The van der Waals surface area contributed by atoms with Gasteiger partial charge in [-0.25, -0.2) is 0 Å². The first-order valence-corrected chi connectivity index (χ1v) is 7.54. The minimum atomic E-state index is -0.0555. The molecule has 2 rings (SSSR count). The SMILES string of the molecule is CC(C)CCNC(=O)Cn1cc(CO)c2ccc(Cl)cc21. The van der Waals surface area contributed by atoms with E-state index in [0.29, 0.717) is 17.5 Å². The Balaban J connectivity index is 2.14. The number of aromatic nitrogens is 1. The van der Waals surface area contributed by atoms with Crippen molar-refractivity contribution in [3.8, 4) is 0 Å². The zero-order valence-corrected chi connectivity index (χ0v) is 13.2. The number of aliphatic hydroxyl groups excluding tert-OH is 1. The standard InChI is InChI=1S/C16H21ClN2O2/c1-11(2)5-6-18-16(21)9-19-8-12(10-20)14-4-3-13(17)7-15(14)19/h3-4,7-8,11,20H,5-6,9-10H2,1-2H3,(H,18,21). The Hall–Kier alpha value is -1.52. The first-order valence-electron chi connectivity index (χ1n) is 7.16. The predicted octanol–water partition coefficient (Wildman–Crippen LogP) is 2.95. The van der Waals surface area contributed by atoms with Crippen LogP contribution in [0.4, 0.5) is 0 Å². The van der Waals surface area contributed by atoms with Gasteiger partial charge in [0, 0.05) is 28.7 Å². The summed E-state index contributed by atoms with van der Waals surface area (Å²) in [7, 11) is 0. The molecule has 2 N–H and O–H groups in total. The molecule has 0 aliphatic rings. The highest BCUT2D eigenvalue weighted by atomic mass is 35.5. The van der Waals surface area contributed by atoms with E-state index in [1.165, 1.54) is 0 Å². The van der Waals surface area contributed by atoms with Crippen LogP contribution in [0.2, 0.25) is 5.02 Å². The van der Waals surface area contributed by atoms with E-state index < -0.39 is 0 Å².